The normalized spacial score (nSPS) is 18.0. The Morgan fingerprint density at radius 2 is 1.71 bits per heavy atom. The average Bonchev–Trinajstić information content (AvgIpc) is 2.49. The van der Waals surface area contributed by atoms with E-state index in [2.05, 4.69) is 9.80 Å². The average molecular weight is 314 g/mol. The van der Waals surface area contributed by atoms with Crippen LogP contribution in [0.3, 0.4) is 0 Å². The van der Waals surface area contributed by atoms with E-state index in [0.29, 0.717) is 13.1 Å². The Morgan fingerprint density at radius 1 is 1.10 bits per heavy atom. The molecule has 0 spiro atoms. The second-order valence-corrected chi connectivity index (χ2v) is 7.92. The van der Waals surface area contributed by atoms with E-state index in [9.17, 15) is 12.8 Å². The highest BCUT2D eigenvalue weighted by Gasteiger charge is 2.19. The molecule has 2 rings (SSSR count). The fraction of sp³-hybridized carbons (Fsp3) is 0.600. The van der Waals surface area contributed by atoms with Crippen LogP contribution in [-0.2, 0) is 16.4 Å². The van der Waals surface area contributed by atoms with Crippen molar-refractivity contribution in [3.8, 4) is 0 Å². The summed E-state index contributed by atoms with van der Waals surface area (Å²) in [4.78, 5) is 4.38. The van der Waals surface area contributed by atoms with Crippen LogP contribution in [0.1, 0.15) is 12.5 Å². The van der Waals surface area contributed by atoms with E-state index in [-0.39, 0.29) is 17.3 Å². The number of sulfone groups is 1. The van der Waals surface area contributed by atoms with Gasteiger partial charge in [0.1, 0.15) is 5.82 Å². The smallest absolute Gasteiger partial charge is 0.151 e. The van der Waals surface area contributed by atoms with Crippen LogP contribution in [0.25, 0.3) is 0 Å². The van der Waals surface area contributed by atoms with Crippen molar-refractivity contribution in [3.05, 3.63) is 35.6 Å². The lowest BCUT2D eigenvalue weighted by Gasteiger charge is -2.34. The highest BCUT2D eigenvalue weighted by Crippen LogP contribution is 2.12. The molecule has 0 bridgehead atoms. The van der Waals surface area contributed by atoms with Gasteiger partial charge in [0, 0.05) is 50.6 Å². The molecule has 1 aromatic rings. The van der Waals surface area contributed by atoms with Crippen molar-refractivity contribution < 1.29 is 12.8 Å². The number of hydrogen-bond donors (Lipinski definition) is 0. The number of rotatable bonds is 6. The molecule has 1 aliphatic heterocycles. The molecular weight excluding hydrogens is 291 g/mol. The SMILES string of the molecule is CCS(=O)(=O)CCN1CCN(Cc2ccccc2F)CC1. The maximum Gasteiger partial charge on any atom is 0.151 e. The fourth-order valence-corrected chi connectivity index (χ4v) is 3.28. The summed E-state index contributed by atoms with van der Waals surface area (Å²) in [6.45, 7) is 6.28. The van der Waals surface area contributed by atoms with Crippen LogP contribution in [0.4, 0.5) is 4.39 Å². The van der Waals surface area contributed by atoms with Gasteiger partial charge in [-0.15, -0.1) is 0 Å². The molecule has 0 saturated carbocycles. The molecule has 1 heterocycles. The fourth-order valence-electron chi connectivity index (χ4n) is 2.45. The van der Waals surface area contributed by atoms with Crippen LogP contribution in [0.15, 0.2) is 24.3 Å². The molecule has 118 valence electrons. The first-order valence-electron chi connectivity index (χ1n) is 7.39. The molecule has 4 nitrogen and oxygen atoms in total. The molecule has 1 aliphatic rings. The lowest BCUT2D eigenvalue weighted by atomic mass is 10.2. The predicted octanol–water partition coefficient (Wildman–Crippen LogP) is 1.38. The lowest BCUT2D eigenvalue weighted by molar-refractivity contribution is 0.131. The molecule has 6 heteroatoms. The Bertz CT molecular complexity index is 555. The van der Waals surface area contributed by atoms with Gasteiger partial charge in [-0.2, -0.15) is 0 Å². The molecule has 1 aromatic carbocycles. The monoisotopic (exact) mass is 314 g/mol. The van der Waals surface area contributed by atoms with Crippen LogP contribution in [0.2, 0.25) is 0 Å². The maximum absolute atomic E-state index is 13.6. The standard InChI is InChI=1S/C15H23FN2O2S/c1-2-21(19,20)12-11-17-7-9-18(10-8-17)13-14-5-3-4-6-15(14)16/h3-6H,2,7-13H2,1H3. The Balaban J connectivity index is 1.77. The number of hydrogen-bond acceptors (Lipinski definition) is 4. The van der Waals surface area contributed by atoms with E-state index in [1.54, 1.807) is 13.0 Å². The summed E-state index contributed by atoms with van der Waals surface area (Å²) in [6.07, 6.45) is 0. The first-order valence-corrected chi connectivity index (χ1v) is 9.21. The van der Waals surface area contributed by atoms with Gasteiger partial charge in [0.15, 0.2) is 9.84 Å². The molecule has 0 unspecified atom stereocenters. The van der Waals surface area contributed by atoms with E-state index in [1.165, 1.54) is 6.07 Å². The molecule has 0 aromatic heterocycles. The zero-order valence-electron chi connectivity index (χ0n) is 12.5. The van der Waals surface area contributed by atoms with Gasteiger partial charge < -0.3 is 0 Å². The first kappa shape index (κ1) is 16.4. The van der Waals surface area contributed by atoms with E-state index < -0.39 is 9.84 Å². The molecule has 1 fully saturated rings. The highest BCUT2D eigenvalue weighted by atomic mass is 32.2. The van der Waals surface area contributed by atoms with E-state index in [1.807, 2.05) is 12.1 Å². The molecule has 0 radical (unpaired) electrons. The first-order chi connectivity index (χ1) is 10.00. The Morgan fingerprint density at radius 3 is 2.33 bits per heavy atom. The Labute approximate surface area is 126 Å². The quantitative estimate of drug-likeness (QED) is 0.795. The van der Waals surface area contributed by atoms with Gasteiger partial charge in [0.05, 0.1) is 5.75 Å². The van der Waals surface area contributed by atoms with Gasteiger partial charge in [-0.05, 0) is 6.07 Å². The molecule has 0 aliphatic carbocycles. The number of halogens is 1. The molecule has 0 N–H and O–H groups in total. The van der Waals surface area contributed by atoms with Gasteiger partial charge >= 0.3 is 0 Å². The zero-order chi connectivity index (χ0) is 15.3. The van der Waals surface area contributed by atoms with E-state index in [0.717, 1.165) is 31.7 Å². The van der Waals surface area contributed by atoms with Crippen molar-refractivity contribution in [1.29, 1.82) is 0 Å². The maximum atomic E-state index is 13.6. The van der Waals surface area contributed by atoms with Gasteiger partial charge in [-0.1, -0.05) is 25.1 Å². The molecule has 1 saturated heterocycles. The van der Waals surface area contributed by atoms with Crippen LogP contribution in [0.5, 0.6) is 0 Å². The van der Waals surface area contributed by atoms with Crippen LogP contribution in [0, 0.1) is 5.82 Å². The third-order valence-electron chi connectivity index (χ3n) is 3.98. The predicted molar refractivity (Wildman–Crippen MR) is 82.4 cm³/mol. The Kier molecular flexibility index (Phi) is 5.72. The van der Waals surface area contributed by atoms with Crippen molar-refractivity contribution in [1.82, 2.24) is 9.80 Å². The van der Waals surface area contributed by atoms with Crippen molar-refractivity contribution in [3.63, 3.8) is 0 Å². The summed E-state index contributed by atoms with van der Waals surface area (Å²) in [7, 11) is -2.89. The summed E-state index contributed by atoms with van der Waals surface area (Å²) >= 11 is 0. The van der Waals surface area contributed by atoms with E-state index in [4.69, 9.17) is 0 Å². The van der Waals surface area contributed by atoms with Gasteiger partial charge in [0.2, 0.25) is 0 Å². The second kappa shape index (κ2) is 7.33. The summed E-state index contributed by atoms with van der Waals surface area (Å²) < 4.78 is 36.6. The number of benzene rings is 1. The summed E-state index contributed by atoms with van der Waals surface area (Å²) in [5.74, 6) is 0.283. The summed E-state index contributed by atoms with van der Waals surface area (Å²) in [5, 5.41) is 0. The second-order valence-electron chi connectivity index (χ2n) is 5.45. The topological polar surface area (TPSA) is 40.6 Å². The molecule has 0 amide bonds. The minimum atomic E-state index is -2.89. The van der Waals surface area contributed by atoms with Crippen LogP contribution < -0.4 is 0 Å². The lowest BCUT2D eigenvalue weighted by Crippen LogP contribution is -2.47. The third-order valence-corrected chi connectivity index (χ3v) is 5.66. The summed E-state index contributed by atoms with van der Waals surface area (Å²) in [6, 6.07) is 6.85. The molecule has 0 atom stereocenters. The largest absolute Gasteiger partial charge is 0.300 e. The summed E-state index contributed by atoms with van der Waals surface area (Å²) in [5.41, 5.74) is 0.722. The van der Waals surface area contributed by atoms with Crippen LogP contribution in [-0.4, -0.2) is 62.4 Å². The number of nitrogens with zero attached hydrogens (tertiary/aromatic N) is 2. The van der Waals surface area contributed by atoms with Gasteiger partial charge in [0.25, 0.3) is 0 Å². The molecule has 21 heavy (non-hydrogen) atoms. The van der Waals surface area contributed by atoms with Crippen molar-refractivity contribution in [2.75, 3.05) is 44.2 Å². The van der Waals surface area contributed by atoms with Crippen LogP contribution >= 0.6 is 0 Å². The van der Waals surface area contributed by atoms with Crippen molar-refractivity contribution in [2.45, 2.75) is 13.5 Å². The van der Waals surface area contributed by atoms with Crippen molar-refractivity contribution >= 4 is 9.84 Å². The van der Waals surface area contributed by atoms with E-state index >= 15 is 0 Å². The Hall–Kier alpha value is -0.980. The number of piperazine rings is 1. The molecular formula is C15H23FN2O2S. The van der Waals surface area contributed by atoms with Gasteiger partial charge in [-0.25, -0.2) is 12.8 Å². The minimum absolute atomic E-state index is 0.158. The zero-order valence-corrected chi connectivity index (χ0v) is 13.3. The van der Waals surface area contributed by atoms with Gasteiger partial charge in [-0.3, -0.25) is 9.80 Å². The highest BCUT2D eigenvalue weighted by molar-refractivity contribution is 7.91. The minimum Gasteiger partial charge on any atom is -0.300 e. The van der Waals surface area contributed by atoms with Crippen molar-refractivity contribution in [2.24, 2.45) is 0 Å². The third kappa shape index (κ3) is 5.05.